The van der Waals surface area contributed by atoms with Gasteiger partial charge in [-0.25, -0.2) is 0 Å². The SMILES string of the molecule is COC(=O)CC(=O)Nc1cccc(C(=O)N(C)C)c1. The molecular formula is C13H16N2O4. The van der Waals surface area contributed by atoms with Gasteiger partial charge < -0.3 is 15.0 Å². The van der Waals surface area contributed by atoms with Crippen LogP contribution in [-0.2, 0) is 14.3 Å². The number of anilines is 1. The highest BCUT2D eigenvalue weighted by molar-refractivity contribution is 6.02. The molecule has 0 unspecified atom stereocenters. The lowest BCUT2D eigenvalue weighted by molar-refractivity contribution is -0.142. The molecule has 0 fully saturated rings. The number of methoxy groups -OCH3 is 1. The molecule has 0 saturated heterocycles. The van der Waals surface area contributed by atoms with E-state index in [-0.39, 0.29) is 12.3 Å². The predicted molar refractivity (Wildman–Crippen MR) is 69.7 cm³/mol. The monoisotopic (exact) mass is 264 g/mol. The van der Waals surface area contributed by atoms with E-state index < -0.39 is 11.9 Å². The van der Waals surface area contributed by atoms with E-state index >= 15 is 0 Å². The van der Waals surface area contributed by atoms with Gasteiger partial charge in [-0.05, 0) is 18.2 Å². The number of ether oxygens (including phenoxy) is 1. The lowest BCUT2D eigenvalue weighted by Crippen LogP contribution is -2.22. The number of nitrogens with one attached hydrogen (secondary N) is 1. The molecule has 0 aliphatic carbocycles. The molecule has 102 valence electrons. The van der Waals surface area contributed by atoms with Gasteiger partial charge in [0.2, 0.25) is 5.91 Å². The Bertz CT molecular complexity index is 497. The van der Waals surface area contributed by atoms with Crippen molar-refractivity contribution in [1.29, 1.82) is 0 Å². The second-order valence-electron chi connectivity index (χ2n) is 4.08. The quantitative estimate of drug-likeness (QED) is 0.647. The minimum atomic E-state index is -0.613. The molecule has 0 heterocycles. The van der Waals surface area contributed by atoms with Crippen molar-refractivity contribution in [2.45, 2.75) is 6.42 Å². The molecule has 0 bridgehead atoms. The molecule has 6 nitrogen and oxygen atoms in total. The molecule has 2 amide bonds. The van der Waals surface area contributed by atoms with Crippen molar-refractivity contribution < 1.29 is 19.1 Å². The summed E-state index contributed by atoms with van der Waals surface area (Å²) < 4.78 is 4.39. The fraction of sp³-hybridized carbons (Fsp3) is 0.308. The summed E-state index contributed by atoms with van der Waals surface area (Å²) in [5.41, 5.74) is 0.919. The number of rotatable bonds is 4. The summed E-state index contributed by atoms with van der Waals surface area (Å²) in [5, 5.41) is 2.53. The van der Waals surface area contributed by atoms with Crippen molar-refractivity contribution in [1.82, 2.24) is 4.90 Å². The average molecular weight is 264 g/mol. The summed E-state index contributed by atoms with van der Waals surface area (Å²) in [4.78, 5) is 35.6. The van der Waals surface area contributed by atoms with E-state index in [1.54, 1.807) is 38.4 Å². The Hall–Kier alpha value is -2.37. The van der Waals surface area contributed by atoms with Crippen LogP contribution in [0, 0.1) is 0 Å². The lowest BCUT2D eigenvalue weighted by atomic mass is 10.2. The molecule has 0 radical (unpaired) electrons. The summed E-state index contributed by atoms with van der Waals surface area (Å²) in [6.07, 6.45) is -0.359. The number of hydrogen-bond donors (Lipinski definition) is 1. The van der Waals surface area contributed by atoms with E-state index in [4.69, 9.17) is 0 Å². The van der Waals surface area contributed by atoms with Crippen molar-refractivity contribution in [2.75, 3.05) is 26.5 Å². The molecule has 19 heavy (non-hydrogen) atoms. The first-order chi connectivity index (χ1) is 8.93. The summed E-state index contributed by atoms with van der Waals surface area (Å²) in [6, 6.07) is 6.50. The molecule has 1 N–H and O–H groups in total. The predicted octanol–water partition coefficient (Wildman–Crippen LogP) is 0.890. The van der Waals surface area contributed by atoms with Crippen LogP contribution in [0.3, 0.4) is 0 Å². The van der Waals surface area contributed by atoms with E-state index in [0.29, 0.717) is 11.3 Å². The second kappa shape index (κ2) is 6.53. The van der Waals surface area contributed by atoms with Crippen molar-refractivity contribution in [3.8, 4) is 0 Å². The number of hydrogen-bond acceptors (Lipinski definition) is 4. The standard InChI is InChI=1S/C13H16N2O4/c1-15(2)13(18)9-5-4-6-10(7-9)14-11(16)8-12(17)19-3/h4-7H,8H2,1-3H3,(H,14,16). The molecule has 1 aromatic carbocycles. The van der Waals surface area contributed by atoms with Gasteiger partial charge in [0.15, 0.2) is 0 Å². The zero-order chi connectivity index (χ0) is 14.4. The number of carbonyl (C=O) groups is 3. The van der Waals surface area contributed by atoms with Crippen LogP contribution in [0.2, 0.25) is 0 Å². The largest absolute Gasteiger partial charge is 0.469 e. The third-order valence-electron chi connectivity index (χ3n) is 2.33. The van der Waals surface area contributed by atoms with Gasteiger partial charge in [-0.3, -0.25) is 14.4 Å². The molecule has 0 saturated carbocycles. The topological polar surface area (TPSA) is 75.7 Å². The maximum Gasteiger partial charge on any atom is 0.315 e. The van der Waals surface area contributed by atoms with Crippen LogP contribution in [0.4, 0.5) is 5.69 Å². The number of amides is 2. The Morgan fingerprint density at radius 1 is 1.26 bits per heavy atom. The van der Waals surface area contributed by atoms with Crippen LogP contribution < -0.4 is 5.32 Å². The molecule has 6 heteroatoms. The second-order valence-corrected chi connectivity index (χ2v) is 4.08. The summed E-state index contributed by atoms with van der Waals surface area (Å²) >= 11 is 0. The minimum absolute atomic E-state index is 0.163. The third-order valence-corrected chi connectivity index (χ3v) is 2.33. The van der Waals surface area contributed by atoms with Gasteiger partial charge in [0.05, 0.1) is 7.11 Å². The first-order valence-electron chi connectivity index (χ1n) is 5.62. The molecular weight excluding hydrogens is 248 g/mol. The maximum absolute atomic E-state index is 11.7. The Morgan fingerprint density at radius 2 is 1.95 bits per heavy atom. The van der Waals surface area contributed by atoms with Crippen molar-refractivity contribution in [2.24, 2.45) is 0 Å². The van der Waals surface area contributed by atoms with Crippen molar-refractivity contribution in [3.63, 3.8) is 0 Å². The molecule has 0 aliphatic rings. The molecule has 0 spiro atoms. The van der Waals surface area contributed by atoms with Crippen molar-refractivity contribution in [3.05, 3.63) is 29.8 Å². The zero-order valence-electron chi connectivity index (χ0n) is 11.1. The Kier molecular flexibility index (Phi) is 5.05. The normalized spacial score (nSPS) is 9.63. The van der Waals surface area contributed by atoms with Crippen LogP contribution in [-0.4, -0.2) is 43.9 Å². The van der Waals surface area contributed by atoms with Gasteiger partial charge in [-0.1, -0.05) is 6.07 Å². The highest BCUT2D eigenvalue weighted by atomic mass is 16.5. The van der Waals surface area contributed by atoms with Crippen LogP contribution in [0.5, 0.6) is 0 Å². The highest BCUT2D eigenvalue weighted by Crippen LogP contribution is 2.12. The molecule has 0 aliphatic heterocycles. The number of esters is 1. The van der Waals surface area contributed by atoms with Gasteiger partial charge >= 0.3 is 5.97 Å². The number of benzene rings is 1. The average Bonchev–Trinajstić information content (AvgIpc) is 2.37. The van der Waals surface area contributed by atoms with Crippen LogP contribution in [0.15, 0.2) is 24.3 Å². The third kappa shape index (κ3) is 4.42. The van der Waals surface area contributed by atoms with E-state index in [1.807, 2.05) is 0 Å². The van der Waals surface area contributed by atoms with E-state index in [0.717, 1.165) is 0 Å². The van der Waals surface area contributed by atoms with Gasteiger partial charge in [0.1, 0.15) is 6.42 Å². The van der Waals surface area contributed by atoms with Gasteiger partial charge in [-0.2, -0.15) is 0 Å². The molecule has 1 aromatic rings. The van der Waals surface area contributed by atoms with Crippen molar-refractivity contribution >= 4 is 23.5 Å². The van der Waals surface area contributed by atoms with Crippen LogP contribution in [0.25, 0.3) is 0 Å². The molecule has 0 atom stereocenters. The fourth-order valence-electron chi connectivity index (χ4n) is 1.40. The number of carbonyl (C=O) groups excluding carboxylic acids is 3. The molecule has 0 aromatic heterocycles. The Balaban J connectivity index is 2.75. The highest BCUT2D eigenvalue weighted by Gasteiger charge is 2.12. The number of nitrogens with zero attached hydrogens (tertiary/aromatic N) is 1. The Labute approximate surface area is 111 Å². The first-order valence-corrected chi connectivity index (χ1v) is 5.62. The summed E-state index contributed by atoms with van der Waals surface area (Å²) in [6.45, 7) is 0. The van der Waals surface area contributed by atoms with Crippen LogP contribution >= 0.6 is 0 Å². The van der Waals surface area contributed by atoms with E-state index in [1.165, 1.54) is 12.0 Å². The summed E-state index contributed by atoms with van der Waals surface area (Å²) in [5.74, 6) is -1.26. The maximum atomic E-state index is 11.7. The van der Waals surface area contributed by atoms with Gasteiger partial charge in [-0.15, -0.1) is 0 Å². The Morgan fingerprint density at radius 3 is 2.53 bits per heavy atom. The zero-order valence-corrected chi connectivity index (χ0v) is 11.1. The van der Waals surface area contributed by atoms with E-state index in [9.17, 15) is 14.4 Å². The lowest BCUT2D eigenvalue weighted by Gasteiger charge is -2.11. The molecule has 1 rings (SSSR count). The fourth-order valence-corrected chi connectivity index (χ4v) is 1.40. The first kappa shape index (κ1) is 14.7. The minimum Gasteiger partial charge on any atom is -0.469 e. The van der Waals surface area contributed by atoms with Gasteiger partial charge in [0.25, 0.3) is 5.91 Å². The van der Waals surface area contributed by atoms with E-state index in [2.05, 4.69) is 10.1 Å². The smallest absolute Gasteiger partial charge is 0.315 e. The van der Waals surface area contributed by atoms with Crippen LogP contribution in [0.1, 0.15) is 16.8 Å². The van der Waals surface area contributed by atoms with Gasteiger partial charge in [0, 0.05) is 25.3 Å². The summed E-state index contributed by atoms with van der Waals surface area (Å²) in [7, 11) is 4.50.